The zero-order chi connectivity index (χ0) is 21.8. The lowest BCUT2D eigenvalue weighted by Crippen LogP contribution is -2.41. The fourth-order valence-corrected chi connectivity index (χ4v) is 4.16. The summed E-state index contributed by atoms with van der Waals surface area (Å²) in [5.74, 6) is 0.743. The Kier molecular flexibility index (Phi) is 7.13. The summed E-state index contributed by atoms with van der Waals surface area (Å²) in [6.45, 7) is 5.17. The Hall–Kier alpha value is -2.74. The average Bonchev–Trinajstić information content (AvgIpc) is 2.65. The Bertz CT molecular complexity index is 968. The minimum absolute atomic E-state index is 0.303. The molecule has 0 aromatic heterocycles. The van der Waals surface area contributed by atoms with Crippen LogP contribution in [0, 0.1) is 13.8 Å². The van der Waals surface area contributed by atoms with Gasteiger partial charge in [0.1, 0.15) is 6.54 Å². The highest BCUT2D eigenvalue weighted by Gasteiger charge is 2.24. The van der Waals surface area contributed by atoms with Gasteiger partial charge in [-0.05, 0) is 49.6 Å². The molecule has 2 rings (SSSR count). The number of aryl methyl sites for hydroxylation is 2. The first kappa shape index (κ1) is 22.5. The maximum atomic E-state index is 12.7. The summed E-state index contributed by atoms with van der Waals surface area (Å²) in [5, 5.41) is 2.85. The van der Waals surface area contributed by atoms with Crippen molar-refractivity contribution in [3.05, 3.63) is 53.1 Å². The van der Waals surface area contributed by atoms with Crippen molar-refractivity contribution >= 4 is 21.6 Å². The molecule has 158 valence electrons. The largest absolute Gasteiger partial charge is 0.493 e. The van der Waals surface area contributed by atoms with E-state index < -0.39 is 15.9 Å². The minimum Gasteiger partial charge on any atom is -0.493 e. The Balaban J connectivity index is 2.23. The topological polar surface area (TPSA) is 84.9 Å². The van der Waals surface area contributed by atoms with Crippen molar-refractivity contribution < 1.29 is 22.7 Å². The summed E-state index contributed by atoms with van der Waals surface area (Å²) >= 11 is 0. The van der Waals surface area contributed by atoms with Gasteiger partial charge in [-0.25, -0.2) is 8.42 Å². The molecule has 7 nitrogen and oxygen atoms in total. The molecule has 0 saturated heterocycles. The molecule has 1 N–H and O–H groups in total. The van der Waals surface area contributed by atoms with Crippen LogP contribution in [0.15, 0.2) is 36.4 Å². The van der Waals surface area contributed by atoms with E-state index in [9.17, 15) is 13.2 Å². The Morgan fingerprint density at radius 1 is 1.07 bits per heavy atom. The highest BCUT2D eigenvalue weighted by molar-refractivity contribution is 7.92. The van der Waals surface area contributed by atoms with Crippen molar-refractivity contribution in [3.8, 4) is 11.5 Å². The van der Waals surface area contributed by atoms with Gasteiger partial charge < -0.3 is 14.8 Å². The first-order valence-electron chi connectivity index (χ1n) is 9.13. The highest BCUT2D eigenvalue weighted by atomic mass is 32.2. The van der Waals surface area contributed by atoms with Crippen molar-refractivity contribution in [2.75, 3.05) is 31.3 Å². The van der Waals surface area contributed by atoms with Gasteiger partial charge in [-0.1, -0.05) is 24.3 Å². The summed E-state index contributed by atoms with van der Waals surface area (Å²) in [5.41, 5.74) is 2.92. The van der Waals surface area contributed by atoms with Gasteiger partial charge in [0.25, 0.3) is 0 Å². The third kappa shape index (κ3) is 5.41. The molecule has 1 amide bonds. The zero-order valence-corrected chi connectivity index (χ0v) is 18.5. The predicted octanol–water partition coefficient (Wildman–Crippen LogP) is 2.96. The Labute approximate surface area is 172 Å². The predicted molar refractivity (Wildman–Crippen MR) is 114 cm³/mol. The van der Waals surface area contributed by atoms with Crippen LogP contribution >= 0.6 is 0 Å². The lowest BCUT2D eigenvalue weighted by molar-refractivity contribution is -0.120. The Morgan fingerprint density at radius 3 is 2.17 bits per heavy atom. The summed E-state index contributed by atoms with van der Waals surface area (Å²) in [7, 11) is -0.549. The summed E-state index contributed by atoms with van der Waals surface area (Å²) in [6.07, 6.45) is 1.10. The van der Waals surface area contributed by atoms with Crippen molar-refractivity contribution in [1.82, 2.24) is 5.32 Å². The number of carbonyl (C=O) groups is 1. The van der Waals surface area contributed by atoms with Gasteiger partial charge in [-0.3, -0.25) is 9.10 Å². The molecule has 0 unspecified atom stereocenters. The number of hydrogen-bond acceptors (Lipinski definition) is 5. The normalized spacial score (nSPS) is 12.2. The number of benzene rings is 2. The van der Waals surface area contributed by atoms with Crippen molar-refractivity contribution in [2.45, 2.75) is 26.8 Å². The number of carbonyl (C=O) groups excluding carboxylic acids is 1. The average molecular weight is 421 g/mol. The molecular formula is C21H28N2O5S. The van der Waals surface area contributed by atoms with Crippen molar-refractivity contribution in [2.24, 2.45) is 0 Å². The van der Waals surface area contributed by atoms with E-state index in [0.717, 1.165) is 27.3 Å². The molecule has 0 saturated carbocycles. The minimum atomic E-state index is -3.64. The number of hydrogen-bond donors (Lipinski definition) is 1. The molecular weight excluding hydrogens is 392 g/mol. The van der Waals surface area contributed by atoms with Gasteiger partial charge in [-0.15, -0.1) is 0 Å². The number of ether oxygens (including phenoxy) is 2. The lowest BCUT2D eigenvalue weighted by Gasteiger charge is -2.26. The number of nitrogens with one attached hydrogen (secondary N) is 1. The molecule has 0 bridgehead atoms. The Morgan fingerprint density at radius 2 is 1.66 bits per heavy atom. The molecule has 0 aliphatic rings. The van der Waals surface area contributed by atoms with E-state index in [1.165, 1.54) is 0 Å². The number of amides is 1. The van der Waals surface area contributed by atoms with E-state index in [0.29, 0.717) is 17.2 Å². The van der Waals surface area contributed by atoms with Crippen LogP contribution in [-0.2, 0) is 14.8 Å². The molecule has 0 fully saturated rings. The number of sulfonamides is 1. The lowest BCUT2D eigenvalue weighted by atomic mass is 10.1. The number of anilines is 1. The second kappa shape index (κ2) is 9.17. The van der Waals surface area contributed by atoms with Crippen molar-refractivity contribution in [1.29, 1.82) is 0 Å². The van der Waals surface area contributed by atoms with Crippen LogP contribution in [0.4, 0.5) is 5.69 Å². The van der Waals surface area contributed by atoms with Gasteiger partial charge in [0.15, 0.2) is 11.5 Å². The second-order valence-electron chi connectivity index (χ2n) is 6.91. The second-order valence-corrected chi connectivity index (χ2v) is 8.82. The molecule has 0 aliphatic heterocycles. The molecule has 2 aromatic carbocycles. The number of nitrogens with zero attached hydrogens (tertiary/aromatic N) is 1. The summed E-state index contributed by atoms with van der Waals surface area (Å²) < 4.78 is 36.5. The van der Waals surface area contributed by atoms with Crippen LogP contribution in [0.1, 0.15) is 29.7 Å². The van der Waals surface area contributed by atoms with Crippen LogP contribution < -0.4 is 19.1 Å². The SMILES string of the molecule is COc1ccc([C@H](C)NC(=O)CN(c2c(C)cccc2C)S(C)(=O)=O)cc1OC. The van der Waals surface area contributed by atoms with E-state index in [-0.39, 0.29) is 12.6 Å². The summed E-state index contributed by atoms with van der Waals surface area (Å²) in [4.78, 5) is 12.7. The van der Waals surface area contributed by atoms with Crippen LogP contribution in [-0.4, -0.2) is 41.3 Å². The van der Waals surface area contributed by atoms with Gasteiger partial charge in [0.2, 0.25) is 15.9 Å². The number of para-hydroxylation sites is 1. The first-order valence-corrected chi connectivity index (χ1v) is 11.0. The van der Waals surface area contributed by atoms with Gasteiger partial charge in [0.05, 0.1) is 32.2 Å². The van der Waals surface area contributed by atoms with Crippen LogP contribution in [0.3, 0.4) is 0 Å². The van der Waals surface area contributed by atoms with Gasteiger partial charge in [-0.2, -0.15) is 0 Å². The van der Waals surface area contributed by atoms with E-state index in [1.54, 1.807) is 26.4 Å². The van der Waals surface area contributed by atoms with Crippen LogP contribution in [0.2, 0.25) is 0 Å². The molecule has 0 heterocycles. The fraction of sp³-hybridized carbons (Fsp3) is 0.381. The van der Waals surface area contributed by atoms with Crippen LogP contribution in [0.5, 0.6) is 11.5 Å². The summed E-state index contributed by atoms with van der Waals surface area (Å²) in [6, 6.07) is 10.5. The van der Waals surface area contributed by atoms with Crippen LogP contribution in [0.25, 0.3) is 0 Å². The molecule has 0 spiro atoms. The third-order valence-electron chi connectivity index (χ3n) is 4.66. The molecule has 1 atom stereocenters. The first-order chi connectivity index (χ1) is 13.6. The van der Waals surface area contributed by atoms with E-state index in [2.05, 4.69) is 5.32 Å². The molecule has 29 heavy (non-hydrogen) atoms. The fourth-order valence-electron chi connectivity index (χ4n) is 3.18. The smallest absolute Gasteiger partial charge is 0.241 e. The molecule has 0 aliphatic carbocycles. The van der Waals surface area contributed by atoms with E-state index in [4.69, 9.17) is 9.47 Å². The standard InChI is InChI=1S/C21H28N2O5S/c1-14-8-7-9-15(2)21(14)23(29(6,25)26)13-20(24)22-16(3)17-10-11-18(27-4)19(12-17)28-5/h7-12,16H,13H2,1-6H3,(H,22,24)/t16-/m0/s1. The van der Waals surface area contributed by atoms with E-state index in [1.807, 2.05) is 45.0 Å². The highest BCUT2D eigenvalue weighted by Crippen LogP contribution is 2.30. The molecule has 8 heteroatoms. The maximum Gasteiger partial charge on any atom is 0.241 e. The molecule has 2 aromatic rings. The third-order valence-corrected chi connectivity index (χ3v) is 5.77. The number of methoxy groups -OCH3 is 2. The number of rotatable bonds is 8. The monoisotopic (exact) mass is 420 g/mol. The van der Waals surface area contributed by atoms with Gasteiger partial charge >= 0.3 is 0 Å². The van der Waals surface area contributed by atoms with Gasteiger partial charge in [0, 0.05) is 0 Å². The molecule has 0 radical (unpaired) electrons. The quantitative estimate of drug-likeness (QED) is 0.710. The zero-order valence-electron chi connectivity index (χ0n) is 17.6. The van der Waals surface area contributed by atoms with Crippen molar-refractivity contribution in [3.63, 3.8) is 0 Å². The van der Waals surface area contributed by atoms with E-state index >= 15 is 0 Å². The maximum absolute atomic E-state index is 12.7.